The maximum Gasteiger partial charge on any atom is 0.363 e. The molecule has 0 bridgehead atoms. The average Bonchev–Trinajstić information content (AvgIpc) is 3.11. The lowest BCUT2D eigenvalue weighted by Gasteiger charge is -2.12. The topological polar surface area (TPSA) is 47.9 Å². The molecular weight excluding hydrogens is 698 g/mol. The number of carbonyl (C=O) groups is 1. The standard InChI is InChI=1S/C23H12Cl3I2NO3/c24-15-4-2-1-3-14(15)11-31-21-18(27)7-12(8-19(21)28)9-20-23(30)32-22(29-20)13-5-6-16(25)17(26)10-13/h1-10H,11H2/b20-9-. The minimum absolute atomic E-state index is 0.184. The Hall–Kier alpha value is -1.33. The van der Waals surface area contributed by atoms with Crippen LogP contribution in [0.25, 0.3) is 6.08 Å². The Balaban J connectivity index is 1.57. The van der Waals surface area contributed by atoms with Crippen LogP contribution in [0.5, 0.6) is 5.75 Å². The summed E-state index contributed by atoms with van der Waals surface area (Å²) < 4.78 is 13.1. The maximum absolute atomic E-state index is 12.3. The summed E-state index contributed by atoms with van der Waals surface area (Å²) in [5.74, 6) is 0.404. The summed E-state index contributed by atoms with van der Waals surface area (Å²) in [7, 11) is 0. The molecule has 0 fully saturated rings. The van der Waals surface area contributed by atoms with Crippen molar-refractivity contribution in [1.82, 2.24) is 0 Å². The van der Waals surface area contributed by atoms with Crippen LogP contribution in [-0.2, 0) is 16.1 Å². The van der Waals surface area contributed by atoms with Crippen molar-refractivity contribution in [2.75, 3.05) is 0 Å². The van der Waals surface area contributed by atoms with Crippen molar-refractivity contribution >= 4 is 97.9 Å². The highest BCUT2D eigenvalue weighted by atomic mass is 127. The first kappa shape index (κ1) is 23.8. The fraction of sp³-hybridized carbons (Fsp3) is 0.0435. The summed E-state index contributed by atoms with van der Waals surface area (Å²) in [4.78, 5) is 16.7. The van der Waals surface area contributed by atoms with Gasteiger partial charge < -0.3 is 9.47 Å². The van der Waals surface area contributed by atoms with Crippen molar-refractivity contribution in [3.63, 3.8) is 0 Å². The molecule has 9 heteroatoms. The van der Waals surface area contributed by atoms with Gasteiger partial charge in [0.1, 0.15) is 12.4 Å². The second kappa shape index (κ2) is 10.3. The number of cyclic esters (lactones) is 1. The van der Waals surface area contributed by atoms with E-state index in [2.05, 4.69) is 50.2 Å². The highest BCUT2D eigenvalue weighted by Crippen LogP contribution is 2.32. The number of hydrogen-bond acceptors (Lipinski definition) is 4. The number of ether oxygens (including phenoxy) is 2. The van der Waals surface area contributed by atoms with Gasteiger partial charge in [0.2, 0.25) is 5.90 Å². The fourth-order valence-electron chi connectivity index (χ4n) is 2.89. The molecule has 0 saturated carbocycles. The van der Waals surface area contributed by atoms with Crippen molar-refractivity contribution in [2.45, 2.75) is 6.61 Å². The van der Waals surface area contributed by atoms with Crippen molar-refractivity contribution < 1.29 is 14.3 Å². The summed E-state index contributed by atoms with van der Waals surface area (Å²) >= 11 is 22.6. The van der Waals surface area contributed by atoms with Crippen LogP contribution in [0, 0.1) is 7.14 Å². The number of hydrogen-bond donors (Lipinski definition) is 0. The number of aliphatic imine (C=N–C) groups is 1. The maximum atomic E-state index is 12.3. The predicted octanol–water partition coefficient (Wildman–Crippen LogP) is 7.78. The van der Waals surface area contributed by atoms with Gasteiger partial charge in [-0.05, 0) is 93.2 Å². The van der Waals surface area contributed by atoms with Gasteiger partial charge in [-0.3, -0.25) is 0 Å². The molecule has 0 aliphatic carbocycles. The summed E-state index contributed by atoms with van der Waals surface area (Å²) in [5.41, 5.74) is 2.48. The zero-order chi connectivity index (χ0) is 22.8. The fourth-order valence-corrected chi connectivity index (χ4v) is 5.50. The Bertz CT molecular complexity index is 1270. The molecule has 0 aromatic heterocycles. The third-order valence-electron chi connectivity index (χ3n) is 4.44. The number of esters is 1. The molecule has 0 saturated heterocycles. The predicted molar refractivity (Wildman–Crippen MR) is 145 cm³/mol. The molecule has 0 spiro atoms. The van der Waals surface area contributed by atoms with Crippen molar-refractivity contribution in [3.8, 4) is 5.75 Å². The van der Waals surface area contributed by atoms with Gasteiger partial charge in [0.15, 0.2) is 5.70 Å². The summed E-state index contributed by atoms with van der Waals surface area (Å²) in [6.07, 6.45) is 1.68. The SMILES string of the molecule is O=C1OC(c2ccc(Cl)c(Cl)c2)=N/C1=C\c1cc(I)c(OCc2ccccc2Cl)c(I)c1. The molecule has 1 aliphatic heterocycles. The van der Waals surface area contributed by atoms with E-state index in [1.807, 2.05) is 36.4 Å². The molecule has 162 valence electrons. The Morgan fingerprint density at radius 2 is 1.66 bits per heavy atom. The number of halogens is 5. The van der Waals surface area contributed by atoms with Crippen LogP contribution in [-0.4, -0.2) is 11.9 Å². The summed E-state index contributed by atoms with van der Waals surface area (Å²) in [5, 5.41) is 1.43. The molecule has 1 aliphatic rings. The zero-order valence-corrected chi connectivity index (χ0v) is 22.6. The number of carbonyl (C=O) groups excluding carboxylic acids is 1. The first-order valence-electron chi connectivity index (χ1n) is 9.15. The van der Waals surface area contributed by atoms with E-state index < -0.39 is 5.97 Å². The monoisotopic (exact) mass is 709 g/mol. The Labute approximate surface area is 226 Å². The van der Waals surface area contributed by atoms with Gasteiger partial charge in [0.05, 0.1) is 17.2 Å². The molecule has 0 N–H and O–H groups in total. The normalized spacial score (nSPS) is 14.5. The second-order valence-electron chi connectivity index (χ2n) is 6.66. The van der Waals surface area contributed by atoms with Crippen LogP contribution >= 0.6 is 80.0 Å². The molecule has 0 radical (unpaired) electrons. The van der Waals surface area contributed by atoms with Gasteiger partial charge in [-0.25, -0.2) is 9.79 Å². The Morgan fingerprint density at radius 1 is 0.938 bits per heavy atom. The summed E-state index contributed by atoms with van der Waals surface area (Å²) in [6, 6.07) is 16.3. The van der Waals surface area contributed by atoms with Gasteiger partial charge in [0, 0.05) is 16.1 Å². The Morgan fingerprint density at radius 3 is 2.34 bits per heavy atom. The molecule has 1 heterocycles. The van der Waals surface area contributed by atoms with Crippen LogP contribution in [0.1, 0.15) is 16.7 Å². The molecule has 4 nitrogen and oxygen atoms in total. The molecule has 4 rings (SSSR count). The quantitative estimate of drug-likeness (QED) is 0.155. The van der Waals surface area contributed by atoms with Crippen LogP contribution in [0.15, 0.2) is 65.3 Å². The van der Waals surface area contributed by atoms with E-state index >= 15 is 0 Å². The van der Waals surface area contributed by atoms with E-state index in [0.717, 1.165) is 24.0 Å². The number of benzene rings is 3. The molecule has 0 amide bonds. The lowest BCUT2D eigenvalue weighted by molar-refractivity contribution is -0.129. The average molecular weight is 711 g/mol. The van der Waals surface area contributed by atoms with Crippen molar-refractivity contribution in [2.24, 2.45) is 4.99 Å². The van der Waals surface area contributed by atoms with E-state index in [-0.39, 0.29) is 11.6 Å². The third-order valence-corrected chi connectivity index (χ3v) is 7.15. The van der Waals surface area contributed by atoms with Crippen molar-refractivity contribution in [1.29, 1.82) is 0 Å². The minimum atomic E-state index is -0.532. The third kappa shape index (κ3) is 5.41. The van der Waals surface area contributed by atoms with Gasteiger partial charge in [-0.15, -0.1) is 0 Å². The van der Waals surface area contributed by atoms with Crippen LogP contribution in [0.4, 0.5) is 0 Å². The molecule has 0 unspecified atom stereocenters. The molecule has 0 atom stereocenters. The largest absolute Gasteiger partial charge is 0.487 e. The zero-order valence-electron chi connectivity index (χ0n) is 16.0. The second-order valence-corrected chi connectivity index (χ2v) is 10.2. The lowest BCUT2D eigenvalue weighted by atomic mass is 10.2. The van der Waals surface area contributed by atoms with E-state index in [4.69, 9.17) is 44.3 Å². The highest BCUT2D eigenvalue weighted by Gasteiger charge is 2.25. The first-order chi connectivity index (χ1) is 15.3. The smallest absolute Gasteiger partial charge is 0.363 e. The molecular formula is C23H12Cl3I2NO3. The number of rotatable bonds is 5. The van der Waals surface area contributed by atoms with E-state index in [9.17, 15) is 4.79 Å². The van der Waals surface area contributed by atoms with Crippen LogP contribution in [0.2, 0.25) is 15.1 Å². The highest BCUT2D eigenvalue weighted by molar-refractivity contribution is 14.1. The first-order valence-corrected chi connectivity index (χ1v) is 12.4. The summed E-state index contributed by atoms with van der Waals surface area (Å²) in [6.45, 7) is 0.357. The molecule has 3 aromatic carbocycles. The van der Waals surface area contributed by atoms with Crippen LogP contribution < -0.4 is 4.74 Å². The van der Waals surface area contributed by atoms with Crippen LogP contribution in [0.3, 0.4) is 0 Å². The van der Waals surface area contributed by atoms with E-state index in [1.54, 1.807) is 24.3 Å². The van der Waals surface area contributed by atoms with Gasteiger partial charge in [-0.2, -0.15) is 0 Å². The van der Waals surface area contributed by atoms with E-state index in [1.165, 1.54) is 0 Å². The van der Waals surface area contributed by atoms with Gasteiger partial charge in [-0.1, -0.05) is 53.0 Å². The van der Waals surface area contributed by atoms with Gasteiger partial charge >= 0.3 is 5.97 Å². The Kier molecular flexibility index (Phi) is 7.66. The minimum Gasteiger partial charge on any atom is -0.487 e. The van der Waals surface area contributed by atoms with Crippen molar-refractivity contribution in [3.05, 3.63) is 99.2 Å². The van der Waals surface area contributed by atoms with Gasteiger partial charge in [0.25, 0.3) is 0 Å². The lowest BCUT2D eigenvalue weighted by Crippen LogP contribution is -2.05. The molecule has 3 aromatic rings. The van der Waals surface area contributed by atoms with E-state index in [0.29, 0.717) is 27.2 Å². The molecule has 32 heavy (non-hydrogen) atoms. The number of nitrogens with zero attached hydrogens (tertiary/aromatic N) is 1.